The molecule has 7 nitrogen and oxygen atoms in total. The van der Waals surface area contributed by atoms with E-state index in [4.69, 9.17) is 34.7 Å². The van der Waals surface area contributed by atoms with Crippen molar-refractivity contribution in [3.05, 3.63) is 46.2 Å². The number of nitrogens with two attached hydrogens (primary N) is 2. The second-order valence-corrected chi connectivity index (χ2v) is 8.24. The normalized spacial score (nSPS) is 11.7. The standard InChI is InChI=1S/C15H12Cl2FN5O2S/c1-26(24,25)12-3-2-7(4-11(12)18)13-9(16)5-8(6-10(13)17)23-15(20)21-14(19)22-23/h2-6H,1H3,(H4,19,20,21,22). The van der Waals surface area contributed by atoms with Gasteiger partial charge in [-0.1, -0.05) is 29.3 Å². The minimum absolute atomic E-state index is 0.0164. The molecule has 0 fully saturated rings. The summed E-state index contributed by atoms with van der Waals surface area (Å²) >= 11 is 12.6. The number of benzene rings is 2. The monoisotopic (exact) mass is 415 g/mol. The first-order valence-corrected chi connectivity index (χ1v) is 9.70. The molecule has 0 atom stereocenters. The van der Waals surface area contributed by atoms with E-state index in [1.54, 1.807) is 0 Å². The van der Waals surface area contributed by atoms with Gasteiger partial charge in [-0.2, -0.15) is 9.67 Å². The summed E-state index contributed by atoms with van der Waals surface area (Å²) in [7, 11) is -3.68. The Labute approximate surface area is 158 Å². The zero-order valence-corrected chi connectivity index (χ0v) is 15.6. The van der Waals surface area contributed by atoms with Crippen LogP contribution < -0.4 is 11.5 Å². The first-order valence-electron chi connectivity index (χ1n) is 7.05. The summed E-state index contributed by atoms with van der Waals surface area (Å²) < 4.78 is 38.5. The summed E-state index contributed by atoms with van der Waals surface area (Å²) in [5.41, 5.74) is 12.3. The van der Waals surface area contributed by atoms with Crippen molar-refractivity contribution >= 4 is 44.9 Å². The van der Waals surface area contributed by atoms with Gasteiger partial charge in [0, 0.05) is 11.8 Å². The van der Waals surface area contributed by atoms with Gasteiger partial charge in [0.15, 0.2) is 9.84 Å². The maximum atomic E-state index is 14.2. The molecule has 0 bridgehead atoms. The maximum Gasteiger partial charge on any atom is 0.241 e. The number of hydrogen-bond acceptors (Lipinski definition) is 6. The highest BCUT2D eigenvalue weighted by Crippen LogP contribution is 2.38. The van der Waals surface area contributed by atoms with Gasteiger partial charge in [-0.25, -0.2) is 12.8 Å². The summed E-state index contributed by atoms with van der Waals surface area (Å²) in [6.45, 7) is 0. The Kier molecular flexibility index (Phi) is 4.55. The molecule has 0 unspecified atom stereocenters. The van der Waals surface area contributed by atoms with Crippen molar-refractivity contribution < 1.29 is 12.8 Å². The van der Waals surface area contributed by atoms with Gasteiger partial charge in [0.25, 0.3) is 0 Å². The molecule has 0 amide bonds. The molecule has 0 saturated carbocycles. The Balaban J connectivity index is 2.13. The van der Waals surface area contributed by atoms with E-state index < -0.39 is 20.5 Å². The van der Waals surface area contributed by atoms with Gasteiger partial charge >= 0.3 is 0 Å². The Morgan fingerprint density at radius 1 is 1.12 bits per heavy atom. The van der Waals surface area contributed by atoms with E-state index in [0.717, 1.165) is 18.4 Å². The van der Waals surface area contributed by atoms with Gasteiger partial charge in [0.1, 0.15) is 10.7 Å². The van der Waals surface area contributed by atoms with E-state index in [-0.39, 0.29) is 21.9 Å². The number of nitrogens with zero attached hydrogens (tertiary/aromatic N) is 3. The molecule has 3 aromatic rings. The van der Waals surface area contributed by atoms with Crippen molar-refractivity contribution in [2.24, 2.45) is 0 Å². The molecule has 11 heteroatoms. The number of hydrogen-bond donors (Lipinski definition) is 2. The van der Waals surface area contributed by atoms with E-state index in [2.05, 4.69) is 10.1 Å². The van der Waals surface area contributed by atoms with E-state index >= 15 is 0 Å². The highest BCUT2D eigenvalue weighted by atomic mass is 35.5. The second-order valence-electron chi connectivity index (χ2n) is 5.44. The summed E-state index contributed by atoms with van der Waals surface area (Å²) in [5, 5.41) is 4.31. The lowest BCUT2D eigenvalue weighted by Gasteiger charge is -2.12. The summed E-state index contributed by atoms with van der Waals surface area (Å²) in [6.07, 6.45) is 0.925. The predicted octanol–water partition coefficient (Wildman–Crippen LogP) is 2.95. The van der Waals surface area contributed by atoms with Crippen molar-refractivity contribution in [3.8, 4) is 16.8 Å². The van der Waals surface area contributed by atoms with Gasteiger partial charge in [0.2, 0.25) is 11.9 Å². The molecule has 136 valence electrons. The van der Waals surface area contributed by atoms with Crippen LogP contribution in [0.15, 0.2) is 35.2 Å². The predicted molar refractivity (Wildman–Crippen MR) is 98.7 cm³/mol. The fraction of sp³-hybridized carbons (Fsp3) is 0.0667. The lowest BCUT2D eigenvalue weighted by molar-refractivity contribution is 0.571. The molecule has 0 aliphatic carbocycles. The topological polar surface area (TPSA) is 117 Å². The average Bonchev–Trinajstić information content (AvgIpc) is 2.84. The first-order chi connectivity index (χ1) is 12.1. The number of sulfone groups is 1. The molecular formula is C15H12Cl2FN5O2S. The van der Waals surface area contributed by atoms with Crippen molar-refractivity contribution in [1.29, 1.82) is 0 Å². The number of halogens is 3. The number of nitrogen functional groups attached to an aromatic ring is 2. The Morgan fingerprint density at radius 2 is 1.73 bits per heavy atom. The van der Waals surface area contributed by atoms with Crippen molar-refractivity contribution in [2.45, 2.75) is 4.90 Å². The SMILES string of the molecule is CS(=O)(=O)c1ccc(-c2c(Cl)cc(-n3nc(N)nc3N)cc2Cl)cc1F. The van der Waals surface area contributed by atoms with Crippen molar-refractivity contribution in [2.75, 3.05) is 17.7 Å². The minimum Gasteiger partial charge on any atom is -0.368 e. The smallest absolute Gasteiger partial charge is 0.241 e. The zero-order valence-electron chi connectivity index (χ0n) is 13.2. The van der Waals surface area contributed by atoms with Crippen LogP contribution >= 0.6 is 23.2 Å². The Bertz CT molecular complexity index is 1110. The maximum absolute atomic E-state index is 14.2. The molecule has 0 aliphatic heterocycles. The van der Waals surface area contributed by atoms with Crippen LogP contribution in [0.3, 0.4) is 0 Å². The molecule has 0 aliphatic rings. The Morgan fingerprint density at radius 3 is 2.19 bits per heavy atom. The second kappa shape index (κ2) is 6.42. The largest absolute Gasteiger partial charge is 0.368 e. The minimum atomic E-state index is -3.68. The fourth-order valence-electron chi connectivity index (χ4n) is 2.45. The number of rotatable bonds is 3. The van der Waals surface area contributed by atoms with Gasteiger partial charge in [-0.05, 0) is 29.8 Å². The van der Waals surface area contributed by atoms with Gasteiger partial charge in [-0.15, -0.1) is 5.10 Å². The third kappa shape index (κ3) is 3.33. The number of aromatic nitrogens is 3. The van der Waals surface area contributed by atoms with E-state index in [1.165, 1.54) is 22.9 Å². The van der Waals surface area contributed by atoms with Crippen LogP contribution in [0, 0.1) is 5.82 Å². The van der Waals surface area contributed by atoms with Gasteiger partial charge in [0.05, 0.1) is 15.7 Å². The van der Waals surface area contributed by atoms with Crippen LogP contribution in [0.4, 0.5) is 16.3 Å². The number of anilines is 2. The van der Waals surface area contributed by atoms with Crippen LogP contribution in [-0.2, 0) is 9.84 Å². The molecule has 2 aromatic carbocycles. The summed E-state index contributed by atoms with van der Waals surface area (Å²) in [4.78, 5) is 3.38. The molecule has 3 rings (SSSR count). The molecule has 0 spiro atoms. The van der Waals surface area contributed by atoms with Crippen LogP contribution in [-0.4, -0.2) is 29.4 Å². The third-order valence-electron chi connectivity index (χ3n) is 3.54. The molecule has 26 heavy (non-hydrogen) atoms. The fourth-order valence-corrected chi connectivity index (χ4v) is 3.87. The van der Waals surface area contributed by atoms with Crippen LogP contribution in [0.25, 0.3) is 16.8 Å². The van der Waals surface area contributed by atoms with Crippen LogP contribution in [0.2, 0.25) is 10.0 Å². The van der Waals surface area contributed by atoms with Crippen LogP contribution in [0.1, 0.15) is 0 Å². The molecule has 4 N–H and O–H groups in total. The van der Waals surface area contributed by atoms with Crippen molar-refractivity contribution in [3.63, 3.8) is 0 Å². The quantitative estimate of drug-likeness (QED) is 0.678. The third-order valence-corrected chi connectivity index (χ3v) is 5.27. The van der Waals surface area contributed by atoms with Crippen LogP contribution in [0.5, 0.6) is 0 Å². The first kappa shape index (κ1) is 18.4. The van der Waals surface area contributed by atoms with E-state index in [0.29, 0.717) is 16.8 Å². The lowest BCUT2D eigenvalue weighted by atomic mass is 10.0. The summed E-state index contributed by atoms with van der Waals surface area (Å²) in [6, 6.07) is 6.67. The molecule has 0 saturated heterocycles. The molecule has 0 radical (unpaired) electrons. The average molecular weight is 416 g/mol. The zero-order chi connectivity index (χ0) is 19.2. The van der Waals surface area contributed by atoms with E-state index in [1.807, 2.05) is 0 Å². The highest BCUT2D eigenvalue weighted by molar-refractivity contribution is 7.90. The highest BCUT2D eigenvalue weighted by Gasteiger charge is 2.18. The summed E-state index contributed by atoms with van der Waals surface area (Å²) in [5.74, 6) is -0.863. The molecule has 1 heterocycles. The van der Waals surface area contributed by atoms with E-state index in [9.17, 15) is 12.8 Å². The van der Waals surface area contributed by atoms with Gasteiger partial charge < -0.3 is 11.5 Å². The van der Waals surface area contributed by atoms with Gasteiger partial charge in [-0.3, -0.25) is 0 Å². The van der Waals surface area contributed by atoms with Crippen molar-refractivity contribution in [1.82, 2.24) is 14.8 Å². The molecular weight excluding hydrogens is 404 g/mol. The molecule has 1 aromatic heterocycles. The Hall–Kier alpha value is -2.36. The lowest BCUT2D eigenvalue weighted by Crippen LogP contribution is -2.03.